The normalized spacial score (nSPS) is 13.9. The maximum atomic E-state index is 12.1. The third-order valence-corrected chi connectivity index (χ3v) is 3.30. The average molecular weight is 291 g/mol. The molecule has 0 bridgehead atoms. The van der Waals surface area contributed by atoms with Crippen molar-refractivity contribution in [2.45, 2.75) is 45.3 Å². The monoisotopic (exact) mass is 291 g/mol. The van der Waals surface area contributed by atoms with E-state index in [1.54, 1.807) is 25.5 Å². The maximum Gasteiger partial charge on any atom is 0.245 e. The van der Waals surface area contributed by atoms with Crippen molar-refractivity contribution in [2.24, 2.45) is 5.73 Å². The molecular formula is C14H21N5O2. The first-order valence-electron chi connectivity index (χ1n) is 7.09. The highest BCUT2D eigenvalue weighted by atomic mass is 16.3. The zero-order valence-electron chi connectivity index (χ0n) is 12.3. The fourth-order valence-corrected chi connectivity index (χ4v) is 1.96. The summed E-state index contributed by atoms with van der Waals surface area (Å²) in [6.45, 7) is 4.18. The predicted molar refractivity (Wildman–Crippen MR) is 77.1 cm³/mol. The molecule has 2 unspecified atom stereocenters. The molecule has 21 heavy (non-hydrogen) atoms. The molecule has 2 rings (SSSR count). The Morgan fingerprint density at radius 2 is 2.38 bits per heavy atom. The number of nitrogens with one attached hydrogen (secondary N) is 1. The second-order valence-electron chi connectivity index (χ2n) is 4.99. The molecule has 0 aromatic carbocycles. The van der Waals surface area contributed by atoms with Crippen LogP contribution in [0.1, 0.15) is 50.2 Å². The molecule has 0 radical (unpaired) electrons. The summed E-state index contributed by atoms with van der Waals surface area (Å²) in [7, 11) is 0. The lowest BCUT2D eigenvalue weighted by Crippen LogP contribution is -2.30. The molecule has 2 aromatic heterocycles. The number of rotatable bonds is 7. The number of nitrogens with zero attached hydrogens (tertiary/aromatic N) is 3. The lowest BCUT2D eigenvalue weighted by molar-refractivity contribution is -0.124. The molecule has 7 heteroatoms. The van der Waals surface area contributed by atoms with Gasteiger partial charge in [-0.05, 0) is 25.5 Å². The molecular weight excluding hydrogens is 270 g/mol. The topological polar surface area (TPSA) is 99.0 Å². The van der Waals surface area contributed by atoms with E-state index in [-0.39, 0.29) is 11.9 Å². The Kier molecular flexibility index (Phi) is 5.10. The van der Waals surface area contributed by atoms with Crippen molar-refractivity contribution in [3.8, 4) is 0 Å². The van der Waals surface area contributed by atoms with Gasteiger partial charge in [0.1, 0.15) is 11.8 Å². The largest absolute Gasteiger partial charge is 0.467 e. The summed E-state index contributed by atoms with van der Waals surface area (Å²) >= 11 is 0. The summed E-state index contributed by atoms with van der Waals surface area (Å²) in [4.78, 5) is 12.1. The van der Waals surface area contributed by atoms with E-state index in [0.29, 0.717) is 18.0 Å². The minimum absolute atomic E-state index is 0.137. The van der Waals surface area contributed by atoms with Crippen molar-refractivity contribution in [2.75, 3.05) is 0 Å². The van der Waals surface area contributed by atoms with Gasteiger partial charge in [0, 0.05) is 0 Å². The molecule has 0 spiro atoms. The fourth-order valence-electron chi connectivity index (χ4n) is 1.96. The summed E-state index contributed by atoms with van der Waals surface area (Å²) in [6, 6.07) is 3.00. The second-order valence-corrected chi connectivity index (χ2v) is 4.99. The van der Waals surface area contributed by atoms with Gasteiger partial charge in [-0.25, -0.2) is 4.68 Å². The molecule has 0 saturated heterocycles. The minimum atomic E-state index is -0.449. The summed E-state index contributed by atoms with van der Waals surface area (Å²) in [5, 5.41) is 10.8. The van der Waals surface area contributed by atoms with Crippen LogP contribution in [-0.2, 0) is 11.3 Å². The number of amides is 1. The van der Waals surface area contributed by atoms with Crippen molar-refractivity contribution in [3.63, 3.8) is 0 Å². The number of aromatic nitrogens is 3. The smallest absolute Gasteiger partial charge is 0.245 e. The highest BCUT2D eigenvalue weighted by Crippen LogP contribution is 2.14. The number of hydrogen-bond acceptors (Lipinski definition) is 5. The van der Waals surface area contributed by atoms with Gasteiger partial charge in [-0.15, -0.1) is 5.10 Å². The summed E-state index contributed by atoms with van der Waals surface area (Å²) in [6.07, 6.45) is 5.13. The molecule has 0 saturated carbocycles. The maximum absolute atomic E-state index is 12.1. The van der Waals surface area contributed by atoms with E-state index in [9.17, 15) is 4.79 Å². The highest BCUT2D eigenvalue weighted by molar-refractivity contribution is 5.79. The predicted octanol–water partition coefficient (Wildman–Crippen LogP) is 1.55. The minimum Gasteiger partial charge on any atom is -0.467 e. The summed E-state index contributed by atoms with van der Waals surface area (Å²) in [5.41, 5.74) is 6.70. The Morgan fingerprint density at radius 1 is 1.57 bits per heavy atom. The molecule has 0 aliphatic heterocycles. The lowest BCUT2D eigenvalue weighted by Gasteiger charge is -2.11. The molecule has 2 atom stereocenters. The van der Waals surface area contributed by atoms with Crippen molar-refractivity contribution in [1.82, 2.24) is 20.3 Å². The number of carbonyl (C=O) groups is 1. The molecule has 1 amide bonds. The van der Waals surface area contributed by atoms with E-state index >= 15 is 0 Å². The van der Waals surface area contributed by atoms with Crippen LogP contribution in [0.3, 0.4) is 0 Å². The van der Waals surface area contributed by atoms with Gasteiger partial charge >= 0.3 is 0 Å². The first kappa shape index (κ1) is 15.2. The van der Waals surface area contributed by atoms with E-state index in [2.05, 4.69) is 22.6 Å². The van der Waals surface area contributed by atoms with Crippen molar-refractivity contribution in [1.29, 1.82) is 0 Å². The molecule has 0 aliphatic rings. The first-order valence-corrected chi connectivity index (χ1v) is 7.09. The summed E-state index contributed by atoms with van der Waals surface area (Å²) in [5.74, 6) is 0.562. The fraction of sp³-hybridized carbons (Fsp3) is 0.500. The van der Waals surface area contributed by atoms with Crippen LogP contribution < -0.4 is 11.1 Å². The Bertz CT molecular complexity index is 564. The van der Waals surface area contributed by atoms with Gasteiger partial charge in [0.2, 0.25) is 5.91 Å². The van der Waals surface area contributed by atoms with Gasteiger partial charge in [-0.3, -0.25) is 4.79 Å². The number of nitrogens with two attached hydrogens (primary N) is 1. The zero-order chi connectivity index (χ0) is 15.2. The third kappa shape index (κ3) is 3.91. The molecule has 0 fully saturated rings. The number of hydrogen-bond donors (Lipinski definition) is 2. The SMILES string of the molecule is CCCC(N)c1cn(C(C)C(=O)NCc2ccco2)nn1. The van der Waals surface area contributed by atoms with E-state index < -0.39 is 6.04 Å². The van der Waals surface area contributed by atoms with Crippen LogP contribution in [0.5, 0.6) is 0 Å². The molecule has 7 nitrogen and oxygen atoms in total. The standard InChI is InChI=1S/C14H21N5O2/c1-3-5-12(15)13-9-19(18-17-13)10(2)14(20)16-8-11-6-4-7-21-11/h4,6-7,9-10,12H,3,5,8,15H2,1-2H3,(H,16,20). The van der Waals surface area contributed by atoms with Crippen LogP contribution >= 0.6 is 0 Å². The number of furan rings is 1. The summed E-state index contributed by atoms with van der Waals surface area (Å²) < 4.78 is 6.70. The van der Waals surface area contributed by atoms with E-state index in [4.69, 9.17) is 10.2 Å². The first-order chi connectivity index (χ1) is 10.1. The van der Waals surface area contributed by atoms with Gasteiger partial charge in [-0.2, -0.15) is 0 Å². The van der Waals surface area contributed by atoms with Gasteiger partial charge in [-0.1, -0.05) is 18.6 Å². The number of carbonyl (C=O) groups excluding carboxylic acids is 1. The van der Waals surface area contributed by atoms with Crippen molar-refractivity contribution >= 4 is 5.91 Å². The van der Waals surface area contributed by atoms with Gasteiger partial charge in [0.05, 0.1) is 30.7 Å². The Labute approximate surface area is 123 Å². The van der Waals surface area contributed by atoms with Crippen LogP contribution in [-0.4, -0.2) is 20.9 Å². The average Bonchev–Trinajstić information content (AvgIpc) is 3.15. The Hall–Kier alpha value is -2.15. The molecule has 0 aliphatic carbocycles. The zero-order valence-corrected chi connectivity index (χ0v) is 12.3. The molecule has 114 valence electrons. The van der Waals surface area contributed by atoms with Crippen molar-refractivity contribution in [3.05, 3.63) is 36.0 Å². The van der Waals surface area contributed by atoms with Crippen LogP contribution in [0.2, 0.25) is 0 Å². The van der Waals surface area contributed by atoms with E-state index in [0.717, 1.165) is 12.8 Å². The van der Waals surface area contributed by atoms with E-state index in [1.165, 1.54) is 4.68 Å². The quantitative estimate of drug-likeness (QED) is 0.806. The molecule has 3 N–H and O–H groups in total. The van der Waals surface area contributed by atoms with Gasteiger partial charge < -0.3 is 15.5 Å². The van der Waals surface area contributed by atoms with Gasteiger partial charge in [0.15, 0.2) is 0 Å². The molecule has 2 heterocycles. The van der Waals surface area contributed by atoms with Crippen LogP contribution in [0.25, 0.3) is 0 Å². The third-order valence-electron chi connectivity index (χ3n) is 3.30. The second kappa shape index (κ2) is 7.03. The Balaban J connectivity index is 1.92. The highest BCUT2D eigenvalue weighted by Gasteiger charge is 2.18. The Morgan fingerprint density at radius 3 is 3.05 bits per heavy atom. The van der Waals surface area contributed by atoms with Crippen LogP contribution in [0, 0.1) is 0 Å². The van der Waals surface area contributed by atoms with Gasteiger partial charge in [0.25, 0.3) is 0 Å². The van der Waals surface area contributed by atoms with E-state index in [1.807, 2.05) is 6.07 Å². The van der Waals surface area contributed by atoms with Crippen molar-refractivity contribution < 1.29 is 9.21 Å². The lowest BCUT2D eigenvalue weighted by atomic mass is 10.1. The molecule has 2 aromatic rings. The van der Waals surface area contributed by atoms with Crippen LogP contribution in [0.4, 0.5) is 0 Å². The van der Waals surface area contributed by atoms with Crippen LogP contribution in [0.15, 0.2) is 29.0 Å².